The molecule has 0 aromatic heterocycles. The summed E-state index contributed by atoms with van der Waals surface area (Å²) >= 11 is 0. The molecule has 0 aliphatic heterocycles. The molecular formula is C24H26OSi. The molecule has 1 nitrogen and oxygen atoms in total. The van der Waals surface area contributed by atoms with Crippen LogP contribution in [0.5, 0.6) is 0 Å². The molecule has 0 amide bonds. The normalized spacial score (nSPS) is 20.9. The molecule has 3 aromatic rings. The highest BCUT2D eigenvalue weighted by Gasteiger charge is 2.34. The van der Waals surface area contributed by atoms with Gasteiger partial charge in [-0.2, -0.15) is 0 Å². The molecule has 26 heavy (non-hydrogen) atoms. The minimum Gasteiger partial charge on any atom is -0.299 e. The minimum absolute atomic E-state index is 0.0847. The van der Waals surface area contributed by atoms with Crippen LogP contribution < -0.4 is 5.19 Å². The molecule has 1 fully saturated rings. The Morgan fingerprint density at radius 1 is 0.923 bits per heavy atom. The van der Waals surface area contributed by atoms with E-state index in [2.05, 4.69) is 74.5 Å². The molecule has 4 rings (SSSR count). The molecule has 1 aliphatic rings. The van der Waals surface area contributed by atoms with Crippen LogP contribution in [0.2, 0.25) is 5.54 Å². The lowest BCUT2D eigenvalue weighted by molar-refractivity contribution is -0.121. The Labute approximate surface area is 158 Å². The van der Waals surface area contributed by atoms with Gasteiger partial charge in [-0.05, 0) is 53.3 Å². The Morgan fingerprint density at radius 2 is 1.69 bits per heavy atom. The van der Waals surface area contributed by atoms with E-state index in [1.807, 2.05) is 0 Å². The maximum Gasteiger partial charge on any atom is 0.140 e. The number of aryl methyl sites for hydroxylation is 1. The van der Waals surface area contributed by atoms with Gasteiger partial charge in [-0.1, -0.05) is 72.3 Å². The highest BCUT2D eigenvalue weighted by Crippen LogP contribution is 2.41. The summed E-state index contributed by atoms with van der Waals surface area (Å²) in [6.45, 7) is 4.44. The van der Waals surface area contributed by atoms with E-state index >= 15 is 0 Å². The maximum atomic E-state index is 13.0. The molecule has 0 bridgehead atoms. The average Bonchev–Trinajstić information content (AvgIpc) is 2.65. The summed E-state index contributed by atoms with van der Waals surface area (Å²) in [5.41, 5.74) is 4.60. The second-order valence-corrected chi connectivity index (χ2v) is 9.95. The standard InChI is InChI=1S/C24H26OSi/c1-16-8-5-14-22(17(16)2)26-23-15-7-13-21(25)24(23)20-12-6-10-18-9-3-4-11-19(18)20/h3-6,8-12,14,23-24H,7,13,15,26H2,1-2H3/t23-,24-/m0/s1. The topological polar surface area (TPSA) is 17.1 Å². The summed E-state index contributed by atoms with van der Waals surface area (Å²) in [5, 5.41) is 4.04. The molecule has 0 unspecified atom stereocenters. The van der Waals surface area contributed by atoms with Crippen LogP contribution in [0.1, 0.15) is 41.9 Å². The maximum absolute atomic E-state index is 13.0. The fourth-order valence-corrected chi connectivity index (χ4v) is 7.28. The third-order valence-corrected chi connectivity index (χ3v) is 8.78. The van der Waals surface area contributed by atoms with Gasteiger partial charge in [-0.25, -0.2) is 0 Å². The first-order valence-corrected chi connectivity index (χ1v) is 11.2. The molecule has 0 saturated heterocycles. The quantitative estimate of drug-likeness (QED) is 0.627. The van der Waals surface area contributed by atoms with E-state index in [0.717, 1.165) is 12.8 Å². The van der Waals surface area contributed by atoms with Gasteiger partial charge >= 0.3 is 0 Å². The number of rotatable bonds is 3. The Kier molecular flexibility index (Phi) is 4.77. The Hall–Kier alpha value is -2.19. The van der Waals surface area contributed by atoms with Crippen molar-refractivity contribution in [3.8, 4) is 0 Å². The van der Waals surface area contributed by atoms with E-state index in [1.54, 1.807) is 0 Å². The monoisotopic (exact) mass is 358 g/mol. The summed E-state index contributed by atoms with van der Waals surface area (Å²) in [6, 6.07) is 21.7. The van der Waals surface area contributed by atoms with Crippen molar-refractivity contribution in [3.05, 3.63) is 77.4 Å². The summed E-state index contributed by atoms with van der Waals surface area (Å²) < 4.78 is 0. The number of fused-ring (bicyclic) bond motifs is 1. The Bertz CT molecular complexity index is 954. The number of hydrogen-bond acceptors (Lipinski definition) is 1. The van der Waals surface area contributed by atoms with Gasteiger partial charge in [-0.15, -0.1) is 0 Å². The highest BCUT2D eigenvalue weighted by molar-refractivity contribution is 6.56. The molecule has 1 aliphatic carbocycles. The van der Waals surface area contributed by atoms with Crippen molar-refractivity contribution in [1.82, 2.24) is 0 Å². The van der Waals surface area contributed by atoms with Gasteiger partial charge in [0.15, 0.2) is 0 Å². The fourth-order valence-electron chi connectivity index (χ4n) is 4.61. The second kappa shape index (κ2) is 7.20. The minimum atomic E-state index is -0.518. The molecule has 0 N–H and O–H groups in total. The van der Waals surface area contributed by atoms with Crippen molar-refractivity contribution in [2.75, 3.05) is 0 Å². The van der Waals surface area contributed by atoms with E-state index in [4.69, 9.17) is 0 Å². The van der Waals surface area contributed by atoms with E-state index in [-0.39, 0.29) is 5.92 Å². The lowest BCUT2D eigenvalue weighted by atomic mass is 9.80. The number of ketones is 1. The van der Waals surface area contributed by atoms with Crippen molar-refractivity contribution in [1.29, 1.82) is 0 Å². The van der Waals surface area contributed by atoms with Gasteiger partial charge in [-0.3, -0.25) is 4.79 Å². The number of hydrogen-bond donors (Lipinski definition) is 0. The highest BCUT2D eigenvalue weighted by atomic mass is 28.2. The van der Waals surface area contributed by atoms with Crippen LogP contribution >= 0.6 is 0 Å². The van der Waals surface area contributed by atoms with E-state index in [1.165, 1.54) is 39.1 Å². The van der Waals surface area contributed by atoms with Crippen molar-refractivity contribution < 1.29 is 4.79 Å². The zero-order valence-electron chi connectivity index (χ0n) is 15.7. The van der Waals surface area contributed by atoms with Gasteiger partial charge in [0.05, 0.1) is 9.52 Å². The van der Waals surface area contributed by atoms with Crippen LogP contribution in [-0.4, -0.2) is 15.3 Å². The van der Waals surface area contributed by atoms with Crippen LogP contribution in [-0.2, 0) is 4.79 Å². The van der Waals surface area contributed by atoms with Crippen molar-refractivity contribution in [2.45, 2.75) is 44.6 Å². The predicted molar refractivity (Wildman–Crippen MR) is 113 cm³/mol. The third kappa shape index (κ3) is 3.14. The first kappa shape index (κ1) is 17.2. The molecule has 0 spiro atoms. The van der Waals surface area contributed by atoms with Gasteiger partial charge in [0.2, 0.25) is 0 Å². The van der Waals surface area contributed by atoms with E-state index < -0.39 is 9.52 Å². The number of benzene rings is 3. The zero-order chi connectivity index (χ0) is 18.1. The smallest absolute Gasteiger partial charge is 0.140 e. The zero-order valence-corrected chi connectivity index (χ0v) is 17.1. The summed E-state index contributed by atoms with van der Waals surface area (Å²) in [4.78, 5) is 13.0. The van der Waals surface area contributed by atoms with Crippen LogP contribution in [0.15, 0.2) is 60.7 Å². The van der Waals surface area contributed by atoms with E-state index in [0.29, 0.717) is 11.3 Å². The summed E-state index contributed by atoms with van der Waals surface area (Å²) in [7, 11) is -0.518. The predicted octanol–water partition coefficient (Wildman–Crippen LogP) is 4.58. The molecule has 2 atom stereocenters. The number of Topliss-reactive ketones (excluding diaryl/α,β-unsaturated/α-hetero) is 1. The molecule has 1 saturated carbocycles. The van der Waals surface area contributed by atoms with Gasteiger partial charge < -0.3 is 0 Å². The van der Waals surface area contributed by atoms with Crippen LogP contribution in [0, 0.1) is 13.8 Å². The SMILES string of the molecule is Cc1cccc([SiH2][C@H]2CCCC(=O)[C@@H]2c2cccc3ccccc23)c1C. The van der Waals surface area contributed by atoms with Crippen LogP contribution in [0.4, 0.5) is 0 Å². The van der Waals surface area contributed by atoms with Gasteiger partial charge in [0.1, 0.15) is 5.78 Å². The first-order chi connectivity index (χ1) is 12.6. The van der Waals surface area contributed by atoms with Crippen molar-refractivity contribution in [3.63, 3.8) is 0 Å². The first-order valence-electron chi connectivity index (χ1n) is 9.70. The number of carbonyl (C=O) groups excluding carboxylic acids is 1. The molecule has 2 heteroatoms. The third-order valence-electron chi connectivity index (χ3n) is 6.17. The van der Waals surface area contributed by atoms with Crippen LogP contribution in [0.25, 0.3) is 10.8 Å². The fraction of sp³-hybridized carbons (Fsp3) is 0.292. The Morgan fingerprint density at radius 3 is 2.58 bits per heavy atom. The molecular weight excluding hydrogens is 332 g/mol. The average molecular weight is 359 g/mol. The van der Waals surface area contributed by atoms with Gasteiger partial charge in [0, 0.05) is 12.3 Å². The molecule has 3 aromatic carbocycles. The summed E-state index contributed by atoms with van der Waals surface area (Å²) in [6.07, 6.45) is 2.99. The van der Waals surface area contributed by atoms with E-state index in [9.17, 15) is 4.79 Å². The van der Waals surface area contributed by atoms with Crippen molar-refractivity contribution in [2.24, 2.45) is 0 Å². The van der Waals surface area contributed by atoms with Crippen LogP contribution in [0.3, 0.4) is 0 Å². The summed E-state index contributed by atoms with van der Waals surface area (Å²) in [5.74, 6) is 0.539. The molecule has 0 heterocycles. The Balaban J connectivity index is 1.76. The lowest BCUT2D eigenvalue weighted by Gasteiger charge is -2.32. The van der Waals surface area contributed by atoms with Gasteiger partial charge in [0.25, 0.3) is 0 Å². The second-order valence-electron chi connectivity index (χ2n) is 7.73. The largest absolute Gasteiger partial charge is 0.299 e. The number of carbonyl (C=O) groups is 1. The van der Waals surface area contributed by atoms with Crippen molar-refractivity contribution >= 4 is 31.3 Å². The molecule has 132 valence electrons. The molecule has 0 radical (unpaired) electrons. The lowest BCUT2D eigenvalue weighted by Crippen LogP contribution is -2.32.